The second-order valence-electron chi connectivity index (χ2n) is 10.8. The van der Waals surface area contributed by atoms with Crippen LogP contribution < -0.4 is 10.6 Å². The fraction of sp³-hybridized carbons (Fsp3) is 0.483. The van der Waals surface area contributed by atoms with E-state index in [1.165, 1.54) is 17.7 Å². The molecular weight excluding hydrogens is 530 g/mol. The van der Waals surface area contributed by atoms with Gasteiger partial charge >= 0.3 is 12.1 Å². The van der Waals surface area contributed by atoms with E-state index in [0.29, 0.717) is 12.5 Å². The first-order chi connectivity index (χ1) is 18.9. The van der Waals surface area contributed by atoms with Crippen LogP contribution in [-0.2, 0) is 14.4 Å². The second kappa shape index (κ2) is 12.0. The molecule has 0 aromatic heterocycles. The maximum Gasteiger partial charge on any atom is 0.490 e. The van der Waals surface area contributed by atoms with Crippen molar-refractivity contribution in [2.24, 2.45) is 11.3 Å². The molecule has 0 unspecified atom stereocenters. The topological polar surface area (TPSA) is 98.7 Å². The van der Waals surface area contributed by atoms with Crippen LogP contribution >= 0.6 is 0 Å². The normalized spacial score (nSPS) is 24.4. The quantitative estimate of drug-likeness (QED) is 0.461. The van der Waals surface area contributed by atoms with Gasteiger partial charge in [0.15, 0.2) is 0 Å². The highest BCUT2D eigenvalue weighted by Gasteiger charge is 2.52. The van der Waals surface area contributed by atoms with Crippen molar-refractivity contribution in [2.45, 2.75) is 50.2 Å². The first kappa shape index (κ1) is 29.5. The third kappa shape index (κ3) is 6.80. The van der Waals surface area contributed by atoms with E-state index in [2.05, 4.69) is 34.6 Å². The highest BCUT2D eigenvalue weighted by atomic mass is 19.4. The van der Waals surface area contributed by atoms with Crippen molar-refractivity contribution < 1.29 is 37.1 Å². The van der Waals surface area contributed by atoms with Crippen LogP contribution in [0.1, 0.15) is 49.1 Å². The number of hydrogen-bond acceptors (Lipinski definition) is 4. The maximum absolute atomic E-state index is 13.4. The molecule has 5 rings (SSSR count). The minimum absolute atomic E-state index is 0.0638. The maximum atomic E-state index is 13.4. The zero-order valence-corrected chi connectivity index (χ0v) is 22.1. The first-order valence-electron chi connectivity index (χ1n) is 13.3. The van der Waals surface area contributed by atoms with E-state index < -0.39 is 17.6 Å². The highest BCUT2D eigenvalue weighted by molar-refractivity contribution is 5.86. The molecule has 11 heteroatoms. The molecule has 1 saturated carbocycles. The predicted molar refractivity (Wildman–Crippen MR) is 139 cm³/mol. The number of nitrogens with zero attached hydrogens (tertiary/aromatic N) is 1. The molecule has 2 saturated heterocycles. The predicted octanol–water partition coefficient (Wildman–Crippen LogP) is 4.06. The Kier molecular flexibility index (Phi) is 8.82. The van der Waals surface area contributed by atoms with Gasteiger partial charge in [-0.2, -0.15) is 13.2 Å². The van der Waals surface area contributed by atoms with E-state index in [1.807, 2.05) is 30.3 Å². The van der Waals surface area contributed by atoms with Crippen LogP contribution in [0.15, 0.2) is 54.6 Å². The molecule has 2 heterocycles. The smallest absolute Gasteiger partial charge is 0.475 e. The zero-order valence-electron chi connectivity index (χ0n) is 22.1. The lowest BCUT2D eigenvalue weighted by atomic mass is 9.68. The molecule has 2 amide bonds. The van der Waals surface area contributed by atoms with Gasteiger partial charge in [0.05, 0.1) is 5.41 Å². The van der Waals surface area contributed by atoms with Gasteiger partial charge in [0.2, 0.25) is 11.8 Å². The lowest BCUT2D eigenvalue weighted by Gasteiger charge is -2.41. The van der Waals surface area contributed by atoms with Gasteiger partial charge in [-0.1, -0.05) is 42.5 Å². The van der Waals surface area contributed by atoms with Crippen LogP contribution in [0.5, 0.6) is 0 Å². The van der Waals surface area contributed by atoms with E-state index >= 15 is 0 Å². The molecule has 0 radical (unpaired) electrons. The van der Waals surface area contributed by atoms with Crippen LogP contribution in [0, 0.1) is 17.2 Å². The summed E-state index contributed by atoms with van der Waals surface area (Å²) in [6, 6.07) is 16.9. The molecular formula is C29H33F4N3O4. The lowest BCUT2D eigenvalue weighted by molar-refractivity contribution is -0.192. The SMILES string of the molecule is C[C@@H](CN1CCC2(CC1)C(=O)NC[C@@H]2c1ccc(F)cc1)NC(=O)[C@@H]1C[C@H]1c1ccccc1.O=C(O)C(F)(F)F. The highest BCUT2D eigenvalue weighted by Crippen LogP contribution is 2.48. The largest absolute Gasteiger partial charge is 0.490 e. The molecule has 1 aliphatic carbocycles. The van der Waals surface area contributed by atoms with E-state index in [-0.39, 0.29) is 35.5 Å². The molecule has 0 bridgehead atoms. The standard InChI is InChI=1S/C27H32FN3O2.C2HF3O2/c1-18(30-25(32)23-15-22(23)19-5-3-2-4-6-19)17-31-13-11-27(12-14-31)24(16-29-26(27)33)20-7-9-21(28)10-8-20;3-2(4,5)1(6)7/h2-10,18,22-24H,11-17H2,1H3,(H,29,33)(H,30,32);(H,6,7)/t18-,22-,23+,24+;/m0./s1. The third-order valence-corrected chi connectivity index (χ3v) is 8.12. The van der Waals surface area contributed by atoms with Gasteiger partial charge in [-0.25, -0.2) is 9.18 Å². The number of piperidine rings is 1. The number of benzene rings is 2. The van der Waals surface area contributed by atoms with E-state index in [4.69, 9.17) is 9.90 Å². The Morgan fingerprint density at radius 1 is 1.07 bits per heavy atom. The Bertz CT molecular complexity index is 1200. The molecule has 2 aromatic carbocycles. The molecule has 3 fully saturated rings. The molecule has 40 heavy (non-hydrogen) atoms. The Balaban J connectivity index is 0.000000470. The summed E-state index contributed by atoms with van der Waals surface area (Å²) >= 11 is 0. The number of nitrogens with one attached hydrogen (secondary N) is 2. The molecule has 4 atom stereocenters. The number of rotatable bonds is 6. The second-order valence-corrected chi connectivity index (χ2v) is 10.8. The first-order valence-corrected chi connectivity index (χ1v) is 13.3. The third-order valence-electron chi connectivity index (χ3n) is 8.12. The summed E-state index contributed by atoms with van der Waals surface area (Å²) in [5.74, 6) is -2.23. The summed E-state index contributed by atoms with van der Waals surface area (Å²) in [6.45, 7) is 5.10. The van der Waals surface area contributed by atoms with Crippen LogP contribution in [0.4, 0.5) is 17.6 Å². The van der Waals surface area contributed by atoms with Gasteiger partial charge in [-0.15, -0.1) is 0 Å². The van der Waals surface area contributed by atoms with E-state index in [1.54, 1.807) is 0 Å². The summed E-state index contributed by atoms with van der Waals surface area (Å²) in [5, 5.41) is 13.4. The van der Waals surface area contributed by atoms with Gasteiger partial charge in [-0.3, -0.25) is 9.59 Å². The molecule has 1 spiro atoms. The average Bonchev–Trinajstić information content (AvgIpc) is 3.66. The minimum Gasteiger partial charge on any atom is -0.475 e. The van der Waals surface area contributed by atoms with Gasteiger partial charge < -0.3 is 20.6 Å². The van der Waals surface area contributed by atoms with Gasteiger partial charge in [0.1, 0.15) is 5.82 Å². The van der Waals surface area contributed by atoms with Crippen molar-refractivity contribution in [3.05, 3.63) is 71.5 Å². The average molecular weight is 564 g/mol. The van der Waals surface area contributed by atoms with Crippen molar-refractivity contribution in [3.63, 3.8) is 0 Å². The van der Waals surface area contributed by atoms with Crippen LogP contribution in [0.25, 0.3) is 0 Å². The fourth-order valence-electron chi connectivity index (χ4n) is 5.90. The molecule has 3 aliphatic rings. The number of amides is 2. The molecule has 3 N–H and O–H groups in total. The van der Waals surface area contributed by atoms with Crippen molar-refractivity contribution in [2.75, 3.05) is 26.2 Å². The number of aliphatic carboxylic acids is 1. The van der Waals surface area contributed by atoms with E-state index in [9.17, 15) is 27.2 Å². The van der Waals surface area contributed by atoms with Crippen molar-refractivity contribution in [1.29, 1.82) is 0 Å². The molecule has 2 aliphatic heterocycles. The van der Waals surface area contributed by atoms with Crippen molar-refractivity contribution in [3.8, 4) is 0 Å². The monoisotopic (exact) mass is 563 g/mol. The summed E-state index contributed by atoms with van der Waals surface area (Å²) in [7, 11) is 0. The van der Waals surface area contributed by atoms with Crippen molar-refractivity contribution >= 4 is 17.8 Å². The van der Waals surface area contributed by atoms with Gasteiger partial charge in [0.25, 0.3) is 0 Å². The number of carboxylic acids is 1. The summed E-state index contributed by atoms with van der Waals surface area (Å²) in [5.41, 5.74) is 1.86. The number of halogens is 4. The Morgan fingerprint density at radius 3 is 2.25 bits per heavy atom. The Morgan fingerprint density at radius 2 is 1.68 bits per heavy atom. The number of carbonyl (C=O) groups excluding carboxylic acids is 2. The van der Waals surface area contributed by atoms with Gasteiger partial charge in [0, 0.05) is 31.0 Å². The lowest BCUT2D eigenvalue weighted by Crippen LogP contribution is -2.50. The van der Waals surface area contributed by atoms with Crippen LogP contribution in [0.3, 0.4) is 0 Å². The minimum atomic E-state index is -5.08. The number of likely N-dealkylation sites (tertiary alicyclic amines) is 1. The Hall–Kier alpha value is -3.47. The summed E-state index contributed by atoms with van der Waals surface area (Å²) in [4.78, 5) is 36.8. The number of alkyl halides is 3. The number of hydrogen-bond donors (Lipinski definition) is 3. The van der Waals surface area contributed by atoms with E-state index in [0.717, 1.165) is 44.5 Å². The summed E-state index contributed by atoms with van der Waals surface area (Å²) < 4.78 is 45.1. The fourth-order valence-corrected chi connectivity index (χ4v) is 5.90. The van der Waals surface area contributed by atoms with Crippen molar-refractivity contribution in [1.82, 2.24) is 15.5 Å². The zero-order chi connectivity index (χ0) is 29.1. The molecule has 216 valence electrons. The molecule has 2 aromatic rings. The van der Waals surface area contributed by atoms with Crippen LogP contribution in [0.2, 0.25) is 0 Å². The Labute approximate surface area is 229 Å². The number of carboxylic acid groups (broad SMARTS) is 1. The van der Waals surface area contributed by atoms with Gasteiger partial charge in [-0.05, 0) is 68.5 Å². The number of carbonyl (C=O) groups is 3. The van der Waals surface area contributed by atoms with Crippen LogP contribution in [-0.4, -0.2) is 66.2 Å². The molecule has 7 nitrogen and oxygen atoms in total. The summed E-state index contributed by atoms with van der Waals surface area (Å²) in [6.07, 6.45) is -2.60.